The Balaban J connectivity index is 1.13. The largest absolute Gasteiger partial charge is 0.343 e. The molecule has 194 valence electrons. The second-order valence-corrected chi connectivity index (χ2v) is 10.6. The predicted molar refractivity (Wildman–Crippen MR) is 143 cm³/mol. The number of aromatic nitrogens is 4. The molecule has 2 aromatic carbocycles. The number of hydrogen-bond donors (Lipinski definition) is 0. The fourth-order valence-electron chi connectivity index (χ4n) is 5.35. The Labute approximate surface area is 224 Å². The summed E-state index contributed by atoms with van der Waals surface area (Å²) >= 11 is 1.41. The smallest absolute Gasteiger partial charge is 0.253 e. The van der Waals surface area contributed by atoms with E-state index in [9.17, 15) is 9.59 Å². The zero-order valence-electron chi connectivity index (χ0n) is 21.2. The highest BCUT2D eigenvalue weighted by atomic mass is 32.1. The number of piperazine rings is 1. The van der Waals surface area contributed by atoms with E-state index in [1.165, 1.54) is 17.1 Å². The molecule has 0 radical (unpaired) electrons. The van der Waals surface area contributed by atoms with Gasteiger partial charge in [-0.05, 0) is 30.5 Å². The molecule has 2 aliphatic rings. The van der Waals surface area contributed by atoms with Crippen molar-refractivity contribution in [2.75, 3.05) is 31.1 Å². The lowest BCUT2D eigenvalue weighted by Gasteiger charge is -2.35. The summed E-state index contributed by atoms with van der Waals surface area (Å²) in [6.07, 6.45) is 2.58. The van der Waals surface area contributed by atoms with Crippen LogP contribution in [0.5, 0.6) is 0 Å². The predicted octanol–water partition coefficient (Wildman–Crippen LogP) is 4.29. The highest BCUT2D eigenvalue weighted by Crippen LogP contribution is 2.43. The molecule has 6 rings (SSSR count). The van der Waals surface area contributed by atoms with Crippen molar-refractivity contribution < 1.29 is 14.1 Å². The maximum absolute atomic E-state index is 13.1. The summed E-state index contributed by atoms with van der Waals surface area (Å²) < 4.78 is 9.85. The van der Waals surface area contributed by atoms with Gasteiger partial charge in [0.25, 0.3) is 5.91 Å². The molecule has 0 unspecified atom stereocenters. The van der Waals surface area contributed by atoms with E-state index < -0.39 is 0 Å². The van der Waals surface area contributed by atoms with Gasteiger partial charge in [0.1, 0.15) is 5.78 Å². The van der Waals surface area contributed by atoms with Crippen LogP contribution in [0.15, 0.2) is 59.1 Å². The minimum atomic E-state index is -0.325. The molecule has 1 amide bonds. The fraction of sp³-hybridized carbons (Fsp3) is 0.357. The van der Waals surface area contributed by atoms with Crippen molar-refractivity contribution in [1.29, 1.82) is 0 Å². The number of aryl methyl sites for hydroxylation is 1. The van der Waals surface area contributed by atoms with Crippen molar-refractivity contribution in [3.8, 4) is 11.4 Å². The Kier molecular flexibility index (Phi) is 6.49. The molecule has 9 nitrogen and oxygen atoms in total. The Morgan fingerprint density at radius 1 is 0.947 bits per heavy atom. The van der Waals surface area contributed by atoms with Crippen molar-refractivity contribution in [2.45, 2.75) is 38.0 Å². The van der Waals surface area contributed by atoms with Gasteiger partial charge in [0.15, 0.2) is 5.82 Å². The summed E-state index contributed by atoms with van der Waals surface area (Å²) in [5.41, 5.74) is 2.30. The Bertz CT molecular complexity index is 1430. The number of carbonyl (C=O) groups excluding carboxylic acids is 2. The molecule has 1 aliphatic heterocycles. The molecule has 1 aliphatic carbocycles. The van der Waals surface area contributed by atoms with Crippen LogP contribution >= 0.6 is 11.5 Å². The van der Waals surface area contributed by atoms with Crippen LogP contribution in [0, 0.1) is 6.92 Å². The van der Waals surface area contributed by atoms with Gasteiger partial charge >= 0.3 is 0 Å². The monoisotopic (exact) mass is 528 g/mol. The van der Waals surface area contributed by atoms with Crippen LogP contribution in [-0.4, -0.2) is 62.3 Å². The third-order valence-corrected chi connectivity index (χ3v) is 8.36. The van der Waals surface area contributed by atoms with Crippen LogP contribution in [0.4, 0.5) is 5.13 Å². The third kappa shape index (κ3) is 4.60. The van der Waals surface area contributed by atoms with Crippen LogP contribution in [0.25, 0.3) is 11.4 Å². The van der Waals surface area contributed by atoms with Crippen molar-refractivity contribution >= 4 is 28.4 Å². The van der Waals surface area contributed by atoms with Gasteiger partial charge < -0.3 is 14.3 Å². The summed E-state index contributed by atoms with van der Waals surface area (Å²) in [7, 11) is 0. The van der Waals surface area contributed by atoms with Gasteiger partial charge in [-0.1, -0.05) is 47.6 Å². The van der Waals surface area contributed by atoms with Crippen LogP contribution in [0.3, 0.4) is 0 Å². The molecule has 0 atom stereocenters. The summed E-state index contributed by atoms with van der Waals surface area (Å²) in [5.74, 6) is 2.15. The van der Waals surface area contributed by atoms with Gasteiger partial charge in [-0.25, -0.2) is 4.98 Å². The quantitative estimate of drug-likeness (QED) is 0.378. The van der Waals surface area contributed by atoms with Gasteiger partial charge in [-0.15, -0.1) is 0 Å². The molecular formula is C28H28N6O3S. The molecule has 4 aromatic rings. The van der Waals surface area contributed by atoms with Crippen LogP contribution in [-0.2, 0) is 10.2 Å². The van der Waals surface area contributed by atoms with E-state index >= 15 is 0 Å². The summed E-state index contributed by atoms with van der Waals surface area (Å²) in [5, 5.41) is 4.81. The molecule has 10 heteroatoms. The molecule has 1 saturated heterocycles. The van der Waals surface area contributed by atoms with E-state index in [1.54, 1.807) is 6.92 Å². The second kappa shape index (κ2) is 10.1. The van der Waals surface area contributed by atoms with E-state index in [2.05, 4.69) is 27.2 Å². The molecule has 2 fully saturated rings. The fourth-order valence-corrected chi connectivity index (χ4v) is 6.16. The number of rotatable bonds is 5. The Hall–Kier alpha value is -3.92. The number of benzene rings is 2. The minimum Gasteiger partial charge on any atom is -0.343 e. The first-order chi connectivity index (χ1) is 18.5. The first kappa shape index (κ1) is 24.4. The van der Waals surface area contributed by atoms with Gasteiger partial charge in [-0.3, -0.25) is 9.59 Å². The second-order valence-electron chi connectivity index (χ2n) is 9.88. The van der Waals surface area contributed by atoms with E-state index in [1.807, 2.05) is 47.4 Å². The number of nitrogens with zero attached hydrogens (tertiary/aromatic N) is 6. The van der Waals surface area contributed by atoms with Gasteiger partial charge in [0.2, 0.25) is 16.8 Å². The van der Waals surface area contributed by atoms with E-state index in [0.29, 0.717) is 62.1 Å². The summed E-state index contributed by atoms with van der Waals surface area (Å²) in [4.78, 5) is 38.5. The molecule has 1 saturated carbocycles. The number of ketones is 1. The maximum atomic E-state index is 13.1. The van der Waals surface area contributed by atoms with Crippen molar-refractivity contribution in [3.05, 3.63) is 77.4 Å². The first-order valence-electron chi connectivity index (χ1n) is 12.9. The molecule has 2 aromatic heterocycles. The number of carbonyl (C=O) groups is 2. The number of hydrogen-bond acceptors (Lipinski definition) is 9. The van der Waals surface area contributed by atoms with Crippen molar-refractivity contribution in [2.24, 2.45) is 0 Å². The summed E-state index contributed by atoms with van der Waals surface area (Å²) in [6.45, 7) is 4.35. The zero-order chi connectivity index (χ0) is 26.1. The van der Waals surface area contributed by atoms with Crippen LogP contribution < -0.4 is 4.90 Å². The molecule has 0 bridgehead atoms. The number of amides is 1. The Morgan fingerprint density at radius 2 is 1.66 bits per heavy atom. The van der Waals surface area contributed by atoms with E-state index in [-0.39, 0.29) is 11.3 Å². The van der Waals surface area contributed by atoms with Crippen LogP contribution in [0.2, 0.25) is 0 Å². The average molecular weight is 529 g/mol. The number of anilines is 1. The zero-order valence-corrected chi connectivity index (χ0v) is 22.0. The van der Waals surface area contributed by atoms with Crippen LogP contribution in [0.1, 0.15) is 53.3 Å². The van der Waals surface area contributed by atoms with E-state index in [4.69, 9.17) is 13.9 Å². The Morgan fingerprint density at radius 3 is 2.32 bits per heavy atom. The highest BCUT2D eigenvalue weighted by molar-refractivity contribution is 7.09. The molecule has 0 N–H and O–H groups in total. The topological polar surface area (TPSA) is 105 Å². The highest BCUT2D eigenvalue weighted by Gasteiger charge is 2.41. The van der Waals surface area contributed by atoms with Gasteiger partial charge in [-0.2, -0.15) is 9.36 Å². The number of Topliss-reactive ketones (excluding diaryl/α,β-unsaturated/α-hetero) is 1. The SMILES string of the molecule is Cc1nc(-c2ccc(C(=O)N3CCN(c4nc(C5(c6ccccc6)CCC(=O)CC5)ns4)CC3)cc2)no1. The van der Waals surface area contributed by atoms with Gasteiger partial charge in [0.05, 0.1) is 5.41 Å². The third-order valence-electron chi connectivity index (χ3n) is 7.59. The lowest BCUT2D eigenvalue weighted by molar-refractivity contribution is -0.121. The van der Waals surface area contributed by atoms with Gasteiger partial charge in [0, 0.05) is 68.6 Å². The lowest BCUT2D eigenvalue weighted by atomic mass is 9.68. The lowest BCUT2D eigenvalue weighted by Crippen LogP contribution is -2.48. The van der Waals surface area contributed by atoms with Crippen molar-refractivity contribution in [1.82, 2.24) is 24.4 Å². The molecule has 3 heterocycles. The van der Waals surface area contributed by atoms with E-state index in [0.717, 1.165) is 29.4 Å². The molecular weight excluding hydrogens is 500 g/mol. The normalized spacial score (nSPS) is 17.6. The molecule has 38 heavy (non-hydrogen) atoms. The average Bonchev–Trinajstić information content (AvgIpc) is 3.64. The standard InChI is InChI=1S/C28H28N6O3S/c1-19-29-24(31-37-19)20-7-9-21(10-8-20)25(36)33-15-17-34(18-16-33)27-30-26(32-38-27)28(13-11-23(35)12-14-28)22-5-3-2-4-6-22/h2-10H,11-18H2,1H3. The maximum Gasteiger partial charge on any atom is 0.253 e. The van der Waals surface area contributed by atoms with Crippen molar-refractivity contribution in [3.63, 3.8) is 0 Å². The summed E-state index contributed by atoms with van der Waals surface area (Å²) in [6, 6.07) is 17.6. The minimum absolute atomic E-state index is 0.00773. The first-order valence-corrected chi connectivity index (χ1v) is 13.7. The molecule has 0 spiro atoms.